The molecule has 0 aliphatic carbocycles. The largest absolute Gasteiger partial charge is 0.504 e. The maximum absolute atomic E-state index is 12.4. The van der Waals surface area contributed by atoms with E-state index < -0.39 is 11.1 Å². The van der Waals surface area contributed by atoms with Gasteiger partial charge < -0.3 is 10.8 Å². The Hall–Kier alpha value is -2.19. The van der Waals surface area contributed by atoms with Crippen LogP contribution >= 0.6 is 11.6 Å². The van der Waals surface area contributed by atoms with E-state index in [9.17, 15) is 9.32 Å². The Morgan fingerprint density at radius 2 is 2.00 bits per heavy atom. The van der Waals surface area contributed by atoms with E-state index in [0.717, 1.165) is 5.56 Å². The Labute approximate surface area is 158 Å². The summed E-state index contributed by atoms with van der Waals surface area (Å²) in [5.74, 6) is -0.202. The Bertz CT molecular complexity index is 964. The molecule has 0 bridgehead atoms. The number of halogens is 1. The third-order valence-electron chi connectivity index (χ3n) is 3.82. The standard InChI is InChI=1S/C18H18ClN3O3S/c1-11-2-7-14-15(19)10-16(18(23)17(14)22-11)26(24)25-21-9-8-12-3-5-13(20)6-4-12/h2-7,10,21,23H,8-9,20H2,1H3. The molecule has 1 atom stereocenters. The first-order valence-electron chi connectivity index (χ1n) is 7.91. The maximum atomic E-state index is 12.4. The average molecular weight is 392 g/mol. The molecule has 1 heterocycles. The number of anilines is 1. The summed E-state index contributed by atoms with van der Waals surface area (Å²) in [6.07, 6.45) is 0.669. The highest BCUT2D eigenvalue weighted by molar-refractivity contribution is 7.80. The SMILES string of the molecule is Cc1ccc2c(Cl)cc(S(=O)ONCCc3ccc(N)cc3)c(O)c2n1. The van der Waals surface area contributed by atoms with Crippen LogP contribution in [-0.4, -0.2) is 20.8 Å². The first-order chi connectivity index (χ1) is 12.5. The second-order valence-corrected chi connectivity index (χ2v) is 7.24. The van der Waals surface area contributed by atoms with Gasteiger partial charge in [-0.05, 0) is 49.2 Å². The number of hydrogen-bond acceptors (Lipinski definition) is 6. The highest BCUT2D eigenvalue weighted by atomic mass is 35.5. The molecule has 0 aliphatic rings. The average Bonchev–Trinajstić information content (AvgIpc) is 2.63. The van der Waals surface area contributed by atoms with Crippen LogP contribution < -0.4 is 11.2 Å². The smallest absolute Gasteiger partial charge is 0.210 e. The molecule has 8 heteroatoms. The van der Waals surface area contributed by atoms with Gasteiger partial charge in [0.25, 0.3) is 0 Å². The van der Waals surface area contributed by atoms with Crippen LogP contribution in [0, 0.1) is 6.92 Å². The zero-order chi connectivity index (χ0) is 18.7. The predicted octanol–water partition coefficient (Wildman–Crippen LogP) is 3.27. The molecule has 4 N–H and O–H groups in total. The third kappa shape index (κ3) is 4.13. The van der Waals surface area contributed by atoms with E-state index in [1.807, 2.05) is 24.3 Å². The summed E-state index contributed by atoms with van der Waals surface area (Å²) in [7, 11) is 0. The molecule has 3 aromatic rings. The maximum Gasteiger partial charge on any atom is 0.210 e. The molecule has 0 fully saturated rings. The highest BCUT2D eigenvalue weighted by Crippen LogP contribution is 2.35. The predicted molar refractivity (Wildman–Crippen MR) is 103 cm³/mol. The second-order valence-electron chi connectivity index (χ2n) is 5.76. The van der Waals surface area contributed by atoms with Crippen LogP contribution in [-0.2, 0) is 21.8 Å². The number of aromatic hydroxyl groups is 1. The molecular weight excluding hydrogens is 374 g/mol. The summed E-state index contributed by atoms with van der Waals surface area (Å²) in [4.78, 5) is 4.34. The lowest BCUT2D eigenvalue weighted by atomic mass is 10.1. The van der Waals surface area contributed by atoms with E-state index in [1.54, 1.807) is 19.1 Å². The van der Waals surface area contributed by atoms with Gasteiger partial charge in [0.1, 0.15) is 10.4 Å². The zero-order valence-corrected chi connectivity index (χ0v) is 15.6. The quantitative estimate of drug-likeness (QED) is 0.339. The number of nitrogens with zero attached hydrogens (tertiary/aromatic N) is 1. The fourth-order valence-electron chi connectivity index (χ4n) is 2.45. The van der Waals surface area contributed by atoms with Gasteiger partial charge in [-0.25, -0.2) is 9.19 Å². The van der Waals surface area contributed by atoms with Crippen molar-refractivity contribution >= 4 is 39.3 Å². The van der Waals surface area contributed by atoms with E-state index in [-0.39, 0.29) is 10.6 Å². The van der Waals surface area contributed by atoms with Crippen LogP contribution in [0.4, 0.5) is 5.69 Å². The van der Waals surface area contributed by atoms with E-state index >= 15 is 0 Å². The number of benzene rings is 2. The van der Waals surface area contributed by atoms with Crippen molar-refractivity contribution in [3.05, 3.63) is 58.7 Å². The Morgan fingerprint density at radius 1 is 1.27 bits per heavy atom. The van der Waals surface area contributed by atoms with Gasteiger partial charge in [0.05, 0.1) is 5.02 Å². The molecule has 0 spiro atoms. The summed E-state index contributed by atoms with van der Waals surface area (Å²) in [6.45, 7) is 2.24. The molecule has 6 nitrogen and oxygen atoms in total. The number of hydrogen-bond donors (Lipinski definition) is 3. The second kappa shape index (κ2) is 8.01. The van der Waals surface area contributed by atoms with Gasteiger partial charge in [-0.2, -0.15) is 9.76 Å². The summed E-state index contributed by atoms with van der Waals surface area (Å²) < 4.78 is 17.5. The summed E-state index contributed by atoms with van der Waals surface area (Å²) in [5, 5.41) is 11.3. The highest BCUT2D eigenvalue weighted by Gasteiger charge is 2.17. The number of nitrogens with two attached hydrogens (primary N) is 1. The minimum Gasteiger partial charge on any atom is -0.504 e. The van der Waals surface area contributed by atoms with Crippen molar-refractivity contribution < 1.29 is 13.6 Å². The Kier molecular flexibility index (Phi) is 5.73. The van der Waals surface area contributed by atoms with E-state index in [4.69, 9.17) is 21.6 Å². The summed E-state index contributed by atoms with van der Waals surface area (Å²) in [5.41, 5.74) is 11.1. The van der Waals surface area contributed by atoms with Gasteiger partial charge in [-0.1, -0.05) is 23.7 Å². The minimum atomic E-state index is -1.93. The van der Waals surface area contributed by atoms with Gasteiger partial charge in [0.15, 0.2) is 5.75 Å². The van der Waals surface area contributed by atoms with Gasteiger partial charge in [0.2, 0.25) is 11.1 Å². The molecule has 136 valence electrons. The van der Waals surface area contributed by atoms with Crippen molar-refractivity contribution in [1.29, 1.82) is 0 Å². The van der Waals surface area contributed by atoms with E-state index in [2.05, 4.69) is 10.5 Å². The van der Waals surface area contributed by atoms with Gasteiger partial charge in [-0.3, -0.25) is 0 Å². The van der Waals surface area contributed by atoms with Crippen LogP contribution in [0.25, 0.3) is 10.9 Å². The van der Waals surface area contributed by atoms with Crippen molar-refractivity contribution in [2.45, 2.75) is 18.2 Å². The molecule has 26 heavy (non-hydrogen) atoms. The number of nitrogens with one attached hydrogen (secondary N) is 1. The minimum absolute atomic E-state index is 0.0700. The van der Waals surface area contributed by atoms with Gasteiger partial charge in [-0.15, -0.1) is 0 Å². The normalized spacial score (nSPS) is 12.4. The van der Waals surface area contributed by atoms with Crippen LogP contribution in [0.15, 0.2) is 47.4 Å². The lowest BCUT2D eigenvalue weighted by Crippen LogP contribution is -2.19. The molecule has 1 unspecified atom stereocenters. The van der Waals surface area contributed by atoms with Crippen LogP contribution in [0.2, 0.25) is 5.02 Å². The van der Waals surface area contributed by atoms with Crippen molar-refractivity contribution in [3.8, 4) is 5.75 Å². The number of pyridine rings is 1. The number of phenols is 1. The monoisotopic (exact) mass is 391 g/mol. The molecule has 0 saturated carbocycles. The lowest BCUT2D eigenvalue weighted by molar-refractivity contribution is 0.222. The molecular formula is C18H18ClN3O3S. The Balaban J connectivity index is 1.68. The fourth-order valence-corrected chi connectivity index (χ4v) is 3.53. The molecule has 1 aromatic heterocycles. The topological polar surface area (TPSA) is 97.5 Å². The summed E-state index contributed by atoms with van der Waals surface area (Å²) in [6, 6.07) is 12.4. The van der Waals surface area contributed by atoms with Gasteiger partial charge >= 0.3 is 0 Å². The molecule has 0 radical (unpaired) electrons. The number of hydroxylamine groups is 1. The number of fused-ring (bicyclic) bond motifs is 1. The fraction of sp³-hybridized carbons (Fsp3) is 0.167. The molecule has 2 aromatic carbocycles. The number of rotatable bonds is 6. The van der Waals surface area contributed by atoms with Crippen molar-refractivity contribution in [2.75, 3.05) is 12.3 Å². The molecule has 0 aliphatic heterocycles. The molecule has 0 amide bonds. The van der Waals surface area contributed by atoms with Crippen LogP contribution in [0.5, 0.6) is 5.75 Å². The summed E-state index contributed by atoms with van der Waals surface area (Å²) >= 11 is 4.28. The first kappa shape index (κ1) is 18.6. The van der Waals surface area contributed by atoms with Crippen LogP contribution in [0.3, 0.4) is 0 Å². The molecule has 0 saturated heterocycles. The number of phenolic OH excluding ortho intramolecular Hbond substituents is 1. The molecule has 3 rings (SSSR count). The first-order valence-corrected chi connectivity index (χ1v) is 9.36. The Morgan fingerprint density at radius 3 is 2.73 bits per heavy atom. The number of aryl methyl sites for hydroxylation is 1. The lowest BCUT2D eigenvalue weighted by Gasteiger charge is -2.10. The van der Waals surface area contributed by atoms with Crippen molar-refractivity contribution in [2.24, 2.45) is 0 Å². The zero-order valence-electron chi connectivity index (χ0n) is 14.0. The van der Waals surface area contributed by atoms with Crippen LogP contribution in [0.1, 0.15) is 11.3 Å². The van der Waals surface area contributed by atoms with E-state index in [0.29, 0.717) is 40.3 Å². The van der Waals surface area contributed by atoms with Crippen molar-refractivity contribution in [1.82, 2.24) is 10.5 Å². The van der Waals surface area contributed by atoms with Crippen molar-refractivity contribution in [3.63, 3.8) is 0 Å². The number of aromatic nitrogens is 1. The van der Waals surface area contributed by atoms with Gasteiger partial charge in [0, 0.05) is 23.3 Å². The number of nitrogen functional groups attached to an aromatic ring is 1. The van der Waals surface area contributed by atoms with E-state index in [1.165, 1.54) is 6.07 Å². The third-order valence-corrected chi connectivity index (χ3v) is 5.07.